The molecule has 24 heavy (non-hydrogen) atoms. The highest BCUT2D eigenvalue weighted by atomic mass is 19.4. The number of nitrogens with zero attached hydrogens (tertiary/aromatic N) is 1. The molecule has 0 radical (unpaired) electrons. The van der Waals surface area contributed by atoms with Crippen LogP contribution in [0.4, 0.5) is 13.2 Å². The number of alkyl halides is 3. The summed E-state index contributed by atoms with van der Waals surface area (Å²) in [6.45, 7) is -1.36. The molecule has 1 aromatic heterocycles. The molecule has 0 spiro atoms. The van der Waals surface area contributed by atoms with E-state index < -0.39 is 18.8 Å². The normalized spacial score (nSPS) is 11.6. The molecule has 0 saturated heterocycles. The lowest BCUT2D eigenvalue weighted by Gasteiger charge is -2.08. The molecular weight excluding hydrogens is 325 g/mol. The van der Waals surface area contributed by atoms with Crippen LogP contribution in [0, 0.1) is 0 Å². The maximum absolute atomic E-state index is 12.2. The lowest BCUT2D eigenvalue weighted by Crippen LogP contribution is -2.19. The van der Waals surface area contributed by atoms with Gasteiger partial charge < -0.3 is 14.8 Å². The van der Waals surface area contributed by atoms with Crippen LogP contribution < -0.4 is 4.74 Å². The highest BCUT2D eigenvalue weighted by Gasteiger charge is 2.28. The summed E-state index contributed by atoms with van der Waals surface area (Å²) in [6, 6.07) is 10.5. The first-order valence-corrected chi connectivity index (χ1v) is 6.85. The van der Waals surface area contributed by atoms with Gasteiger partial charge in [0.25, 0.3) is 0 Å². The third-order valence-corrected chi connectivity index (χ3v) is 3.26. The summed E-state index contributed by atoms with van der Waals surface area (Å²) >= 11 is 0. The molecule has 0 aliphatic rings. The lowest BCUT2D eigenvalue weighted by atomic mass is 10.1. The topological polar surface area (TPSA) is 75.2 Å². The number of imidazole rings is 1. The Morgan fingerprint density at radius 1 is 1.17 bits per heavy atom. The first-order valence-electron chi connectivity index (χ1n) is 6.85. The lowest BCUT2D eigenvalue weighted by molar-refractivity contribution is -0.153. The van der Waals surface area contributed by atoms with Crippen LogP contribution in [0.2, 0.25) is 0 Å². The van der Waals surface area contributed by atoms with Crippen LogP contribution in [0.15, 0.2) is 42.5 Å². The molecule has 0 fully saturated rings. The molecule has 8 heteroatoms. The third kappa shape index (κ3) is 3.48. The molecule has 1 heterocycles. The van der Waals surface area contributed by atoms with Crippen molar-refractivity contribution >= 4 is 17.0 Å². The smallest absolute Gasteiger partial charge is 0.422 e. The Balaban J connectivity index is 1.86. The molecule has 0 aliphatic heterocycles. The van der Waals surface area contributed by atoms with Crippen molar-refractivity contribution in [2.45, 2.75) is 6.18 Å². The SMILES string of the molecule is O=C(O)c1ccc(-c2nc3ccc(OCC(F)(F)F)cc3[nH]2)cc1. The summed E-state index contributed by atoms with van der Waals surface area (Å²) in [5.74, 6) is -0.469. The van der Waals surface area contributed by atoms with Gasteiger partial charge in [0.1, 0.15) is 11.6 Å². The third-order valence-electron chi connectivity index (χ3n) is 3.26. The van der Waals surface area contributed by atoms with Gasteiger partial charge in [-0.15, -0.1) is 0 Å². The van der Waals surface area contributed by atoms with E-state index in [-0.39, 0.29) is 11.3 Å². The number of H-pyrrole nitrogens is 1. The molecule has 2 N–H and O–H groups in total. The minimum Gasteiger partial charge on any atom is -0.484 e. The maximum Gasteiger partial charge on any atom is 0.422 e. The van der Waals surface area contributed by atoms with Crippen LogP contribution in [-0.4, -0.2) is 33.8 Å². The predicted molar refractivity (Wildman–Crippen MR) is 80.0 cm³/mol. The Morgan fingerprint density at radius 3 is 2.50 bits per heavy atom. The van der Waals surface area contributed by atoms with Gasteiger partial charge in [0.2, 0.25) is 0 Å². The second kappa shape index (κ2) is 5.88. The van der Waals surface area contributed by atoms with Crippen molar-refractivity contribution in [3.63, 3.8) is 0 Å². The van der Waals surface area contributed by atoms with Gasteiger partial charge >= 0.3 is 12.1 Å². The Labute approximate surface area is 133 Å². The van der Waals surface area contributed by atoms with Gasteiger partial charge in [0, 0.05) is 11.6 Å². The number of nitrogens with one attached hydrogen (secondary N) is 1. The van der Waals surface area contributed by atoms with Gasteiger partial charge in [0.05, 0.1) is 16.6 Å². The van der Waals surface area contributed by atoms with Gasteiger partial charge in [0.15, 0.2) is 6.61 Å². The van der Waals surface area contributed by atoms with Gasteiger partial charge in [-0.25, -0.2) is 9.78 Å². The Hall–Kier alpha value is -3.03. The minimum absolute atomic E-state index is 0.0799. The molecule has 0 amide bonds. The van der Waals surface area contributed by atoms with Crippen LogP contribution in [0.1, 0.15) is 10.4 Å². The van der Waals surface area contributed by atoms with E-state index >= 15 is 0 Å². The highest BCUT2D eigenvalue weighted by Crippen LogP contribution is 2.25. The average molecular weight is 336 g/mol. The van der Waals surface area contributed by atoms with E-state index in [2.05, 4.69) is 9.97 Å². The summed E-state index contributed by atoms with van der Waals surface area (Å²) in [6.07, 6.45) is -4.40. The molecule has 5 nitrogen and oxygen atoms in total. The van der Waals surface area contributed by atoms with E-state index in [0.717, 1.165) is 0 Å². The zero-order valence-electron chi connectivity index (χ0n) is 12.1. The fourth-order valence-electron chi connectivity index (χ4n) is 2.15. The molecule has 0 unspecified atom stereocenters. The minimum atomic E-state index is -4.40. The van der Waals surface area contributed by atoms with E-state index in [4.69, 9.17) is 9.84 Å². The summed E-state index contributed by atoms with van der Waals surface area (Å²) < 4.78 is 41.2. The van der Waals surface area contributed by atoms with Crippen molar-refractivity contribution < 1.29 is 27.8 Å². The quantitative estimate of drug-likeness (QED) is 0.758. The molecule has 3 rings (SSSR count). The number of carboxylic acids is 1. The number of hydrogen-bond donors (Lipinski definition) is 2. The number of rotatable bonds is 4. The van der Waals surface area contributed by atoms with Crippen LogP contribution in [-0.2, 0) is 0 Å². The summed E-state index contributed by atoms with van der Waals surface area (Å²) in [5, 5.41) is 8.88. The monoisotopic (exact) mass is 336 g/mol. The predicted octanol–water partition coefficient (Wildman–Crippen LogP) is 3.87. The summed E-state index contributed by atoms with van der Waals surface area (Å²) in [4.78, 5) is 18.1. The molecule has 0 aliphatic carbocycles. The molecule has 3 aromatic rings. The first kappa shape index (κ1) is 15.9. The number of ether oxygens (including phenoxy) is 1. The van der Waals surface area contributed by atoms with Gasteiger partial charge in [-0.1, -0.05) is 12.1 Å². The van der Waals surface area contributed by atoms with Crippen molar-refractivity contribution in [1.29, 1.82) is 0 Å². The fraction of sp³-hybridized carbons (Fsp3) is 0.125. The number of carbonyl (C=O) groups is 1. The Kier molecular flexibility index (Phi) is 3.88. The Morgan fingerprint density at radius 2 is 1.88 bits per heavy atom. The maximum atomic E-state index is 12.2. The number of halogens is 3. The first-order chi connectivity index (χ1) is 11.3. The summed E-state index contributed by atoms with van der Waals surface area (Å²) in [5.41, 5.74) is 1.89. The number of fused-ring (bicyclic) bond motifs is 1. The van der Waals surface area contributed by atoms with Gasteiger partial charge in [-0.2, -0.15) is 13.2 Å². The van der Waals surface area contributed by atoms with Crippen molar-refractivity contribution in [1.82, 2.24) is 9.97 Å². The van der Waals surface area contributed by atoms with E-state index in [9.17, 15) is 18.0 Å². The molecule has 124 valence electrons. The van der Waals surface area contributed by atoms with Crippen molar-refractivity contribution in [2.75, 3.05) is 6.61 Å². The largest absolute Gasteiger partial charge is 0.484 e. The van der Waals surface area contributed by atoms with E-state index in [1.165, 1.54) is 24.3 Å². The molecular formula is C16H11F3N2O3. The standard InChI is InChI=1S/C16H11F3N2O3/c17-16(18,19)8-24-11-5-6-12-13(7-11)21-14(20-12)9-1-3-10(4-2-9)15(22)23/h1-7H,8H2,(H,20,21)(H,22,23). The fourth-order valence-corrected chi connectivity index (χ4v) is 2.15. The van der Waals surface area contributed by atoms with Crippen LogP contribution >= 0.6 is 0 Å². The van der Waals surface area contributed by atoms with E-state index in [1.54, 1.807) is 18.2 Å². The zero-order valence-corrected chi connectivity index (χ0v) is 12.1. The molecule has 0 bridgehead atoms. The molecule has 2 aromatic carbocycles. The van der Waals surface area contributed by atoms with Crippen molar-refractivity contribution in [3.8, 4) is 17.1 Å². The molecule has 0 atom stereocenters. The zero-order chi connectivity index (χ0) is 17.3. The van der Waals surface area contributed by atoms with Crippen LogP contribution in [0.3, 0.4) is 0 Å². The second-order valence-corrected chi connectivity index (χ2v) is 5.05. The molecule has 0 saturated carbocycles. The number of carboxylic acid groups (broad SMARTS) is 1. The number of aromatic nitrogens is 2. The average Bonchev–Trinajstić information content (AvgIpc) is 2.95. The van der Waals surface area contributed by atoms with E-state index in [0.29, 0.717) is 22.4 Å². The Bertz CT molecular complexity index is 886. The van der Waals surface area contributed by atoms with Crippen molar-refractivity contribution in [2.24, 2.45) is 0 Å². The van der Waals surface area contributed by atoms with Gasteiger partial charge in [-0.05, 0) is 24.3 Å². The van der Waals surface area contributed by atoms with Crippen LogP contribution in [0.25, 0.3) is 22.4 Å². The van der Waals surface area contributed by atoms with Crippen molar-refractivity contribution in [3.05, 3.63) is 48.0 Å². The number of benzene rings is 2. The number of aromatic amines is 1. The number of hydrogen-bond acceptors (Lipinski definition) is 3. The summed E-state index contributed by atoms with van der Waals surface area (Å²) in [7, 11) is 0. The number of aromatic carboxylic acids is 1. The highest BCUT2D eigenvalue weighted by molar-refractivity contribution is 5.88. The van der Waals surface area contributed by atoms with E-state index in [1.807, 2.05) is 0 Å². The van der Waals surface area contributed by atoms with Gasteiger partial charge in [-0.3, -0.25) is 0 Å². The second-order valence-electron chi connectivity index (χ2n) is 5.05. The van der Waals surface area contributed by atoms with Crippen LogP contribution in [0.5, 0.6) is 5.75 Å².